The maximum Gasteiger partial charge on any atom is 0.329 e. The number of esters is 1. The standard InChI is InChI=1S/C21H22N2O4S/c1-14(2)20(22-19(24)11-15-7-4-3-5-8-15)21(25)26-13-16-12-17(27-23-16)18-9-6-10-28-18/h3-10,12,14,20H,11,13H2,1-2H3,(H,22,24)/t20-/m0/s1. The van der Waals surface area contributed by atoms with Gasteiger partial charge in [0.15, 0.2) is 5.76 Å². The molecule has 0 aliphatic rings. The van der Waals surface area contributed by atoms with Crippen LogP contribution in [-0.2, 0) is 27.4 Å². The van der Waals surface area contributed by atoms with E-state index in [2.05, 4.69) is 10.5 Å². The number of rotatable bonds is 8. The van der Waals surface area contributed by atoms with Gasteiger partial charge in [0.1, 0.15) is 18.3 Å². The predicted molar refractivity (Wildman–Crippen MR) is 107 cm³/mol. The number of carbonyl (C=O) groups excluding carboxylic acids is 2. The molecule has 1 atom stereocenters. The Morgan fingerprint density at radius 2 is 1.96 bits per heavy atom. The van der Waals surface area contributed by atoms with E-state index in [1.807, 2.05) is 61.7 Å². The zero-order valence-corrected chi connectivity index (χ0v) is 16.6. The lowest BCUT2D eigenvalue weighted by molar-refractivity contribution is -0.150. The quantitative estimate of drug-likeness (QED) is 0.583. The third-order valence-electron chi connectivity index (χ3n) is 4.13. The molecular weight excluding hydrogens is 376 g/mol. The number of nitrogens with zero attached hydrogens (tertiary/aromatic N) is 1. The molecule has 0 bridgehead atoms. The van der Waals surface area contributed by atoms with Crippen LogP contribution in [0, 0.1) is 5.92 Å². The molecule has 2 heterocycles. The van der Waals surface area contributed by atoms with Crippen LogP contribution in [0.25, 0.3) is 10.6 Å². The third kappa shape index (κ3) is 5.29. The topological polar surface area (TPSA) is 81.4 Å². The number of aromatic nitrogens is 1. The van der Waals surface area contributed by atoms with E-state index >= 15 is 0 Å². The highest BCUT2D eigenvalue weighted by Gasteiger charge is 2.26. The van der Waals surface area contributed by atoms with Crippen LogP contribution in [0.1, 0.15) is 25.1 Å². The summed E-state index contributed by atoms with van der Waals surface area (Å²) in [5, 5.41) is 8.65. The third-order valence-corrected chi connectivity index (χ3v) is 5.01. The smallest absolute Gasteiger partial charge is 0.329 e. The summed E-state index contributed by atoms with van der Waals surface area (Å²) >= 11 is 1.54. The Balaban J connectivity index is 1.55. The lowest BCUT2D eigenvalue weighted by atomic mass is 10.0. The monoisotopic (exact) mass is 398 g/mol. The molecule has 0 fully saturated rings. The van der Waals surface area contributed by atoms with Crippen molar-refractivity contribution in [3.05, 3.63) is 65.2 Å². The van der Waals surface area contributed by atoms with Crippen LogP contribution in [0.4, 0.5) is 0 Å². The fourth-order valence-electron chi connectivity index (χ4n) is 2.65. The Bertz CT molecular complexity index is 904. The van der Waals surface area contributed by atoms with Crippen molar-refractivity contribution in [1.82, 2.24) is 10.5 Å². The number of benzene rings is 1. The predicted octanol–water partition coefficient (Wildman–Crippen LogP) is 3.83. The van der Waals surface area contributed by atoms with Crippen molar-refractivity contribution in [2.75, 3.05) is 0 Å². The van der Waals surface area contributed by atoms with E-state index in [4.69, 9.17) is 9.26 Å². The van der Waals surface area contributed by atoms with Crippen molar-refractivity contribution in [2.45, 2.75) is 32.9 Å². The molecule has 2 aromatic heterocycles. The SMILES string of the molecule is CC(C)[C@H](NC(=O)Cc1ccccc1)C(=O)OCc1cc(-c2cccs2)on1. The molecule has 28 heavy (non-hydrogen) atoms. The van der Waals surface area contributed by atoms with Crippen molar-refractivity contribution >= 4 is 23.2 Å². The number of ether oxygens (including phenoxy) is 1. The van der Waals surface area contributed by atoms with Gasteiger partial charge in [0.2, 0.25) is 5.91 Å². The Morgan fingerprint density at radius 3 is 2.64 bits per heavy atom. The Labute approximate surface area is 167 Å². The van der Waals surface area contributed by atoms with Gasteiger partial charge in [0.05, 0.1) is 11.3 Å². The highest BCUT2D eigenvalue weighted by molar-refractivity contribution is 7.13. The van der Waals surface area contributed by atoms with Gasteiger partial charge in [-0.2, -0.15) is 0 Å². The highest BCUT2D eigenvalue weighted by Crippen LogP contribution is 2.25. The summed E-state index contributed by atoms with van der Waals surface area (Å²) in [5.41, 5.74) is 1.41. The van der Waals surface area contributed by atoms with E-state index in [9.17, 15) is 9.59 Å². The van der Waals surface area contributed by atoms with Crippen LogP contribution < -0.4 is 5.32 Å². The van der Waals surface area contributed by atoms with Gasteiger partial charge >= 0.3 is 5.97 Å². The lowest BCUT2D eigenvalue weighted by Gasteiger charge is -2.20. The summed E-state index contributed by atoms with van der Waals surface area (Å²) in [6.45, 7) is 3.71. The zero-order valence-electron chi connectivity index (χ0n) is 15.8. The van der Waals surface area contributed by atoms with Gasteiger partial charge in [0.25, 0.3) is 0 Å². The zero-order chi connectivity index (χ0) is 19.9. The van der Waals surface area contributed by atoms with E-state index in [1.165, 1.54) is 0 Å². The molecule has 0 spiro atoms. The van der Waals surface area contributed by atoms with Crippen LogP contribution in [-0.4, -0.2) is 23.1 Å². The minimum Gasteiger partial charge on any atom is -0.458 e. The fourth-order valence-corrected chi connectivity index (χ4v) is 3.33. The van der Waals surface area contributed by atoms with Crippen molar-refractivity contribution in [3.8, 4) is 10.6 Å². The first kappa shape index (κ1) is 19.8. The van der Waals surface area contributed by atoms with E-state index in [-0.39, 0.29) is 24.9 Å². The molecule has 0 aliphatic carbocycles. The van der Waals surface area contributed by atoms with Crippen molar-refractivity contribution < 1.29 is 18.8 Å². The van der Waals surface area contributed by atoms with Crippen LogP contribution in [0.2, 0.25) is 0 Å². The molecule has 0 saturated heterocycles. The molecule has 0 saturated carbocycles. The molecule has 3 aromatic rings. The van der Waals surface area contributed by atoms with Crippen LogP contribution >= 0.6 is 11.3 Å². The maximum absolute atomic E-state index is 12.5. The first-order valence-electron chi connectivity index (χ1n) is 9.02. The van der Waals surface area contributed by atoms with Crippen molar-refractivity contribution in [1.29, 1.82) is 0 Å². The van der Waals surface area contributed by atoms with Gasteiger partial charge in [-0.25, -0.2) is 4.79 Å². The highest BCUT2D eigenvalue weighted by atomic mass is 32.1. The number of thiophene rings is 1. The van der Waals surface area contributed by atoms with Crippen LogP contribution in [0.3, 0.4) is 0 Å². The van der Waals surface area contributed by atoms with Crippen LogP contribution in [0.5, 0.6) is 0 Å². The molecule has 0 aliphatic heterocycles. The average Bonchev–Trinajstić information content (AvgIpc) is 3.36. The first-order chi connectivity index (χ1) is 13.5. The number of nitrogens with one attached hydrogen (secondary N) is 1. The number of hydrogen-bond donors (Lipinski definition) is 1. The summed E-state index contributed by atoms with van der Waals surface area (Å²) in [5.74, 6) is -0.177. The molecule has 1 amide bonds. The van der Waals surface area contributed by atoms with Crippen molar-refractivity contribution in [3.63, 3.8) is 0 Å². The van der Waals surface area contributed by atoms with Crippen molar-refractivity contribution in [2.24, 2.45) is 5.92 Å². The van der Waals surface area contributed by atoms with Gasteiger partial charge < -0.3 is 14.6 Å². The maximum atomic E-state index is 12.5. The molecule has 0 unspecified atom stereocenters. The van der Waals surface area contributed by atoms with Gasteiger partial charge in [-0.05, 0) is 22.9 Å². The summed E-state index contributed by atoms with van der Waals surface area (Å²) in [7, 11) is 0. The molecule has 0 radical (unpaired) electrons. The molecule has 7 heteroatoms. The molecule has 1 aromatic carbocycles. The second-order valence-corrected chi connectivity index (χ2v) is 7.67. The molecule has 3 rings (SSSR count). The Kier molecular flexibility index (Phi) is 6.60. The molecule has 6 nitrogen and oxygen atoms in total. The van der Waals surface area contributed by atoms with E-state index in [0.717, 1.165) is 10.4 Å². The first-order valence-corrected chi connectivity index (χ1v) is 9.90. The van der Waals surface area contributed by atoms with Gasteiger partial charge in [-0.3, -0.25) is 4.79 Å². The molecular formula is C21H22N2O4S. The van der Waals surface area contributed by atoms with Gasteiger partial charge in [-0.15, -0.1) is 11.3 Å². The van der Waals surface area contributed by atoms with E-state index in [1.54, 1.807) is 17.4 Å². The minimum atomic E-state index is -0.722. The number of carbonyl (C=O) groups is 2. The summed E-state index contributed by atoms with van der Waals surface area (Å²) in [4.78, 5) is 25.7. The molecule has 146 valence electrons. The summed E-state index contributed by atoms with van der Waals surface area (Å²) in [6, 6.07) is 14.3. The largest absolute Gasteiger partial charge is 0.458 e. The van der Waals surface area contributed by atoms with Gasteiger partial charge in [0, 0.05) is 6.07 Å². The van der Waals surface area contributed by atoms with E-state index in [0.29, 0.717) is 11.5 Å². The molecule has 1 N–H and O–H groups in total. The number of hydrogen-bond acceptors (Lipinski definition) is 6. The Hall–Kier alpha value is -2.93. The minimum absolute atomic E-state index is 0.00845. The second-order valence-electron chi connectivity index (χ2n) is 6.72. The van der Waals surface area contributed by atoms with Gasteiger partial charge in [-0.1, -0.05) is 55.4 Å². The lowest BCUT2D eigenvalue weighted by Crippen LogP contribution is -2.45. The fraction of sp³-hybridized carbons (Fsp3) is 0.286. The Morgan fingerprint density at radius 1 is 1.18 bits per heavy atom. The summed E-state index contributed by atoms with van der Waals surface area (Å²) < 4.78 is 10.6. The summed E-state index contributed by atoms with van der Waals surface area (Å²) in [6.07, 6.45) is 0.213. The normalized spacial score (nSPS) is 12.0. The van der Waals surface area contributed by atoms with Crippen LogP contribution in [0.15, 0.2) is 58.4 Å². The number of amides is 1. The average molecular weight is 398 g/mol. The van der Waals surface area contributed by atoms with E-state index < -0.39 is 12.0 Å². The second kappa shape index (κ2) is 9.32.